The Kier molecular flexibility index (Phi) is 60.8. The second-order valence-corrected chi connectivity index (χ2v) is 20.9. The molecule has 0 aromatic carbocycles. The van der Waals surface area contributed by atoms with Crippen LogP contribution in [0.3, 0.4) is 0 Å². The lowest BCUT2D eigenvalue weighted by molar-refractivity contribution is -0.167. The van der Waals surface area contributed by atoms with Crippen LogP contribution in [0.1, 0.15) is 290 Å². The Morgan fingerprint density at radius 2 is 0.506 bits per heavy atom. The molecule has 438 valence electrons. The van der Waals surface area contributed by atoms with Crippen molar-refractivity contribution in [2.75, 3.05) is 13.2 Å². The second kappa shape index (κ2) is 64.3. The van der Waals surface area contributed by atoms with E-state index < -0.39 is 6.10 Å². The van der Waals surface area contributed by atoms with Crippen molar-refractivity contribution in [3.63, 3.8) is 0 Å². The third kappa shape index (κ3) is 62.5. The van der Waals surface area contributed by atoms with Crippen LogP contribution in [0.2, 0.25) is 0 Å². The summed E-state index contributed by atoms with van der Waals surface area (Å²) in [6, 6.07) is 0. The zero-order chi connectivity index (χ0) is 55.7. The highest BCUT2D eigenvalue weighted by Crippen LogP contribution is 2.16. The Morgan fingerprint density at radius 3 is 0.818 bits per heavy atom. The van der Waals surface area contributed by atoms with Crippen molar-refractivity contribution in [1.82, 2.24) is 0 Å². The number of unbranched alkanes of at least 4 members (excludes halogenated alkanes) is 26. The first-order valence-electron chi connectivity index (χ1n) is 32.0. The van der Waals surface area contributed by atoms with Crippen LogP contribution in [0, 0.1) is 0 Å². The predicted molar refractivity (Wildman–Crippen MR) is 334 cm³/mol. The van der Waals surface area contributed by atoms with Gasteiger partial charge >= 0.3 is 17.9 Å². The quantitative estimate of drug-likeness (QED) is 0.0261. The third-order valence-corrected chi connectivity index (χ3v) is 13.5. The third-order valence-electron chi connectivity index (χ3n) is 13.5. The molecule has 1 atom stereocenters. The first-order valence-corrected chi connectivity index (χ1v) is 32.0. The van der Waals surface area contributed by atoms with E-state index in [1.54, 1.807) is 0 Å². The molecule has 0 radical (unpaired) electrons. The largest absolute Gasteiger partial charge is 0.462 e. The molecule has 6 heteroatoms. The maximum absolute atomic E-state index is 12.8. The van der Waals surface area contributed by atoms with Gasteiger partial charge in [-0.1, -0.05) is 284 Å². The number of ether oxygens (including phenoxy) is 3. The van der Waals surface area contributed by atoms with Gasteiger partial charge in [0.15, 0.2) is 6.10 Å². The zero-order valence-corrected chi connectivity index (χ0v) is 50.2. The van der Waals surface area contributed by atoms with Crippen LogP contribution in [-0.2, 0) is 28.6 Å². The first-order chi connectivity index (χ1) is 38.0. The van der Waals surface area contributed by atoms with E-state index in [9.17, 15) is 14.4 Å². The molecular formula is C71H118O6. The topological polar surface area (TPSA) is 78.9 Å². The van der Waals surface area contributed by atoms with Crippen LogP contribution in [0.5, 0.6) is 0 Å². The number of hydrogen-bond donors (Lipinski definition) is 0. The molecule has 0 aliphatic rings. The van der Waals surface area contributed by atoms with E-state index in [2.05, 4.69) is 142 Å². The molecule has 0 N–H and O–H groups in total. The number of rotatable bonds is 57. The lowest BCUT2D eigenvalue weighted by atomic mass is 10.0. The van der Waals surface area contributed by atoms with E-state index in [-0.39, 0.29) is 37.5 Å². The van der Waals surface area contributed by atoms with E-state index >= 15 is 0 Å². The maximum atomic E-state index is 12.8. The highest BCUT2D eigenvalue weighted by Gasteiger charge is 2.19. The summed E-state index contributed by atoms with van der Waals surface area (Å²) >= 11 is 0. The average Bonchev–Trinajstić information content (AvgIpc) is 3.43. The normalized spacial score (nSPS) is 12.9. The molecule has 0 saturated heterocycles. The van der Waals surface area contributed by atoms with E-state index in [0.717, 1.165) is 116 Å². The highest BCUT2D eigenvalue weighted by atomic mass is 16.6. The van der Waals surface area contributed by atoms with Crippen LogP contribution in [-0.4, -0.2) is 37.2 Å². The fourth-order valence-electron chi connectivity index (χ4n) is 8.73. The Hall–Kier alpha value is -4.19. The molecular weight excluding hydrogens is 949 g/mol. The summed E-state index contributed by atoms with van der Waals surface area (Å²) in [6.07, 6.45) is 89.4. The molecule has 0 aliphatic heterocycles. The van der Waals surface area contributed by atoms with Crippen molar-refractivity contribution < 1.29 is 28.6 Å². The maximum Gasteiger partial charge on any atom is 0.306 e. The monoisotopic (exact) mass is 1070 g/mol. The molecule has 0 amide bonds. The SMILES string of the molecule is CC/C=C\C/C=C\C/C=C\C/C=C\C/C=C\C/C=C\CCCCCCCCCCCCCCCCC(=O)OCC(COC(=O)CCCCCCCCCCCCC)OC(=O)CCCC/C=C\C/C=C\C/C=C\C/C=C\CC. The van der Waals surface area contributed by atoms with E-state index in [0.29, 0.717) is 19.3 Å². The Labute approximate surface area is 475 Å². The fraction of sp³-hybridized carbons (Fsp3) is 0.676. The minimum absolute atomic E-state index is 0.0931. The van der Waals surface area contributed by atoms with Gasteiger partial charge < -0.3 is 14.2 Å². The molecule has 0 aromatic heterocycles. The van der Waals surface area contributed by atoms with Crippen molar-refractivity contribution in [3.05, 3.63) is 122 Å². The van der Waals surface area contributed by atoms with Gasteiger partial charge in [-0.3, -0.25) is 14.4 Å². The molecule has 0 aliphatic carbocycles. The summed E-state index contributed by atoms with van der Waals surface area (Å²) in [6.45, 7) is 6.38. The fourth-order valence-corrected chi connectivity index (χ4v) is 8.73. The van der Waals surface area contributed by atoms with Crippen molar-refractivity contribution in [2.45, 2.75) is 297 Å². The van der Waals surface area contributed by atoms with Gasteiger partial charge in [-0.25, -0.2) is 0 Å². The van der Waals surface area contributed by atoms with Crippen LogP contribution in [0.25, 0.3) is 0 Å². The standard InChI is InChI=1S/C71H118O6/c1-4-7-10-13-16-19-22-24-26-27-28-29-30-31-32-33-34-35-36-37-38-39-40-41-42-43-45-46-49-52-55-58-61-64-70(73)76-67-68(66-75-69(72)63-60-57-54-51-48-21-18-15-12-9-6-3)77-71(74)65-62-59-56-53-50-47-44-25-23-20-17-14-11-8-5-2/h7-8,10-11,16-17,19-20,24-26,28-29,31-32,34-35,44,50,53,68H,4-6,9,12-15,18,21-23,27,30,33,36-43,45-49,51-52,54-67H2,1-3H3/b10-7-,11-8-,19-16-,20-17-,26-24-,29-28-,32-31-,35-34-,44-25-,53-50-. The van der Waals surface area contributed by atoms with Crippen LogP contribution in [0.4, 0.5) is 0 Å². The molecule has 77 heavy (non-hydrogen) atoms. The average molecular weight is 1070 g/mol. The van der Waals surface area contributed by atoms with Crippen molar-refractivity contribution in [1.29, 1.82) is 0 Å². The molecule has 0 saturated carbocycles. The molecule has 0 spiro atoms. The van der Waals surface area contributed by atoms with Crippen molar-refractivity contribution in [3.8, 4) is 0 Å². The molecule has 1 unspecified atom stereocenters. The number of allylic oxidation sites excluding steroid dienone is 20. The molecule has 0 bridgehead atoms. The molecule has 6 nitrogen and oxygen atoms in total. The Balaban J connectivity index is 4.19. The molecule has 0 heterocycles. The Bertz CT molecular complexity index is 1600. The minimum Gasteiger partial charge on any atom is -0.462 e. The van der Waals surface area contributed by atoms with Gasteiger partial charge in [-0.2, -0.15) is 0 Å². The number of hydrogen-bond acceptors (Lipinski definition) is 6. The summed E-state index contributed by atoms with van der Waals surface area (Å²) in [5.41, 5.74) is 0. The van der Waals surface area contributed by atoms with Gasteiger partial charge in [0, 0.05) is 19.3 Å². The molecule has 0 fully saturated rings. The Morgan fingerprint density at radius 1 is 0.273 bits per heavy atom. The van der Waals surface area contributed by atoms with Gasteiger partial charge in [-0.15, -0.1) is 0 Å². The molecule has 0 rings (SSSR count). The summed E-state index contributed by atoms with van der Waals surface area (Å²) in [4.78, 5) is 38.2. The summed E-state index contributed by atoms with van der Waals surface area (Å²) in [5.74, 6) is -0.932. The highest BCUT2D eigenvalue weighted by molar-refractivity contribution is 5.71. The van der Waals surface area contributed by atoms with Crippen LogP contribution >= 0.6 is 0 Å². The van der Waals surface area contributed by atoms with E-state index in [1.807, 2.05) is 0 Å². The molecule has 0 aromatic rings. The zero-order valence-electron chi connectivity index (χ0n) is 50.2. The number of esters is 3. The first kappa shape index (κ1) is 72.8. The predicted octanol–water partition coefficient (Wildman–Crippen LogP) is 22.0. The summed E-state index contributed by atoms with van der Waals surface area (Å²) in [5, 5.41) is 0. The van der Waals surface area contributed by atoms with Gasteiger partial charge in [-0.05, 0) is 109 Å². The lowest BCUT2D eigenvalue weighted by Gasteiger charge is -2.18. The summed E-state index contributed by atoms with van der Waals surface area (Å²) in [7, 11) is 0. The van der Waals surface area contributed by atoms with Gasteiger partial charge in [0.05, 0.1) is 0 Å². The number of carbonyl (C=O) groups is 3. The van der Waals surface area contributed by atoms with Gasteiger partial charge in [0.1, 0.15) is 13.2 Å². The van der Waals surface area contributed by atoms with Crippen molar-refractivity contribution in [2.24, 2.45) is 0 Å². The summed E-state index contributed by atoms with van der Waals surface area (Å²) < 4.78 is 16.8. The second-order valence-electron chi connectivity index (χ2n) is 20.9. The lowest BCUT2D eigenvalue weighted by Crippen LogP contribution is -2.30. The van der Waals surface area contributed by atoms with Crippen molar-refractivity contribution >= 4 is 17.9 Å². The smallest absolute Gasteiger partial charge is 0.306 e. The van der Waals surface area contributed by atoms with Gasteiger partial charge in [0.2, 0.25) is 0 Å². The number of carbonyl (C=O) groups excluding carboxylic acids is 3. The van der Waals surface area contributed by atoms with E-state index in [1.165, 1.54) is 128 Å². The minimum atomic E-state index is -0.799. The van der Waals surface area contributed by atoms with Gasteiger partial charge in [0.25, 0.3) is 0 Å². The van der Waals surface area contributed by atoms with Crippen LogP contribution in [0.15, 0.2) is 122 Å². The van der Waals surface area contributed by atoms with Crippen LogP contribution < -0.4 is 0 Å². The van der Waals surface area contributed by atoms with E-state index in [4.69, 9.17) is 14.2 Å².